The van der Waals surface area contributed by atoms with E-state index in [-0.39, 0.29) is 17.1 Å². The normalized spacial score (nSPS) is 12.6. The number of alkyl halides is 1. The third-order valence-corrected chi connectivity index (χ3v) is 2.95. The van der Waals surface area contributed by atoms with Crippen LogP contribution in [0.15, 0.2) is 24.3 Å². The smallest absolute Gasteiger partial charge is 0.251 e. The quantitative estimate of drug-likeness (QED) is 0.810. The van der Waals surface area contributed by atoms with Crippen molar-refractivity contribution >= 4 is 17.5 Å². The summed E-state index contributed by atoms with van der Waals surface area (Å²) < 4.78 is 12.6. The molecule has 0 radical (unpaired) electrons. The van der Waals surface area contributed by atoms with Crippen molar-refractivity contribution < 1.29 is 9.18 Å². The maximum Gasteiger partial charge on any atom is 0.251 e. The zero-order valence-electron chi connectivity index (χ0n) is 9.34. The maximum atomic E-state index is 12.6. The average Bonchev–Trinajstić information content (AvgIpc) is 2.26. The summed E-state index contributed by atoms with van der Waals surface area (Å²) in [5.74, 6) is -0.282. The minimum absolute atomic E-state index is 0.0931. The van der Waals surface area contributed by atoms with Crippen molar-refractivity contribution in [1.82, 2.24) is 5.32 Å². The van der Waals surface area contributed by atoms with Gasteiger partial charge in [-0.3, -0.25) is 4.79 Å². The fourth-order valence-corrected chi connectivity index (χ4v) is 1.21. The molecule has 0 aliphatic rings. The fourth-order valence-electron chi connectivity index (χ4n) is 1.13. The highest BCUT2D eigenvalue weighted by atomic mass is 35.5. The van der Waals surface area contributed by atoms with Gasteiger partial charge in [0.25, 0.3) is 5.91 Å². The third kappa shape index (κ3) is 3.81. The first-order valence-corrected chi connectivity index (χ1v) is 5.62. The van der Waals surface area contributed by atoms with Crippen LogP contribution in [0, 0.1) is 11.7 Å². The largest absolute Gasteiger partial charge is 0.351 e. The molecule has 0 saturated heterocycles. The number of amides is 1. The first kappa shape index (κ1) is 13.0. The van der Waals surface area contributed by atoms with Crippen molar-refractivity contribution in [3.63, 3.8) is 0 Å². The number of carbonyl (C=O) groups is 1. The van der Waals surface area contributed by atoms with Crippen LogP contribution in [0.5, 0.6) is 0 Å². The highest BCUT2D eigenvalue weighted by Crippen LogP contribution is 2.08. The van der Waals surface area contributed by atoms with Gasteiger partial charge in [0.1, 0.15) is 5.82 Å². The Bertz CT molecular complexity index is 351. The number of rotatable bonds is 4. The number of nitrogens with one attached hydrogen (secondary N) is 1. The second kappa shape index (κ2) is 5.85. The zero-order valence-corrected chi connectivity index (χ0v) is 10.1. The van der Waals surface area contributed by atoms with E-state index >= 15 is 0 Å². The second-order valence-corrected chi connectivity index (χ2v) is 4.54. The first-order chi connectivity index (χ1) is 7.50. The van der Waals surface area contributed by atoms with Gasteiger partial charge >= 0.3 is 0 Å². The molecule has 88 valence electrons. The number of halogens is 2. The molecule has 0 heterocycles. The van der Waals surface area contributed by atoms with Gasteiger partial charge in [-0.15, -0.1) is 11.6 Å². The van der Waals surface area contributed by atoms with Crippen LogP contribution in [-0.4, -0.2) is 17.8 Å². The Labute approximate surface area is 99.8 Å². The van der Waals surface area contributed by atoms with Gasteiger partial charge in [-0.2, -0.15) is 0 Å². The van der Waals surface area contributed by atoms with Crippen LogP contribution in [-0.2, 0) is 0 Å². The van der Waals surface area contributed by atoms with Crippen LogP contribution in [0.1, 0.15) is 24.2 Å². The molecule has 0 spiro atoms. The molecule has 1 N–H and O–H groups in total. The highest BCUT2D eigenvalue weighted by molar-refractivity contribution is 6.21. The summed E-state index contributed by atoms with van der Waals surface area (Å²) >= 11 is 6.00. The molecule has 1 amide bonds. The standard InChI is InChI=1S/C12H15ClFNO/c1-8(2)11(13)7-15-12(16)9-3-5-10(14)6-4-9/h3-6,8,11H,7H2,1-2H3,(H,15,16). The Morgan fingerprint density at radius 2 is 1.94 bits per heavy atom. The van der Waals surface area contributed by atoms with Gasteiger partial charge < -0.3 is 5.32 Å². The molecule has 1 unspecified atom stereocenters. The fraction of sp³-hybridized carbons (Fsp3) is 0.417. The molecule has 0 bridgehead atoms. The third-order valence-electron chi connectivity index (χ3n) is 2.29. The number of benzene rings is 1. The topological polar surface area (TPSA) is 29.1 Å². The maximum absolute atomic E-state index is 12.6. The number of carbonyl (C=O) groups excluding carboxylic acids is 1. The van der Waals surface area contributed by atoms with E-state index in [1.807, 2.05) is 13.8 Å². The molecule has 0 aliphatic carbocycles. The lowest BCUT2D eigenvalue weighted by Gasteiger charge is -2.13. The highest BCUT2D eigenvalue weighted by Gasteiger charge is 2.11. The zero-order chi connectivity index (χ0) is 12.1. The van der Waals surface area contributed by atoms with Crippen molar-refractivity contribution in [2.24, 2.45) is 5.92 Å². The summed E-state index contributed by atoms with van der Waals surface area (Å²) in [6.07, 6.45) is 0. The number of hydrogen-bond acceptors (Lipinski definition) is 1. The molecule has 2 nitrogen and oxygen atoms in total. The summed E-state index contributed by atoms with van der Waals surface area (Å²) in [6.45, 7) is 4.39. The minimum Gasteiger partial charge on any atom is -0.351 e. The van der Waals surface area contributed by atoms with E-state index < -0.39 is 0 Å². The van der Waals surface area contributed by atoms with E-state index in [1.54, 1.807) is 0 Å². The summed E-state index contributed by atoms with van der Waals surface area (Å²) in [7, 11) is 0. The Morgan fingerprint density at radius 1 is 1.38 bits per heavy atom. The van der Waals surface area contributed by atoms with Gasteiger partial charge in [0, 0.05) is 12.1 Å². The lowest BCUT2D eigenvalue weighted by molar-refractivity contribution is 0.0952. The van der Waals surface area contributed by atoms with E-state index in [9.17, 15) is 9.18 Å². The molecular weight excluding hydrogens is 229 g/mol. The van der Waals surface area contributed by atoms with Crippen LogP contribution in [0.25, 0.3) is 0 Å². The van der Waals surface area contributed by atoms with Crippen LogP contribution in [0.4, 0.5) is 4.39 Å². The lowest BCUT2D eigenvalue weighted by Crippen LogP contribution is -2.31. The summed E-state index contributed by atoms with van der Waals surface area (Å²) in [6, 6.07) is 5.41. The summed E-state index contributed by atoms with van der Waals surface area (Å²) in [5, 5.41) is 2.61. The molecule has 1 aromatic carbocycles. The van der Waals surface area contributed by atoms with Gasteiger partial charge in [0.05, 0.1) is 5.38 Å². The molecule has 1 rings (SSSR count). The average molecular weight is 244 g/mol. The number of hydrogen-bond donors (Lipinski definition) is 1. The molecule has 0 fully saturated rings. The van der Waals surface area contributed by atoms with Crippen LogP contribution in [0.2, 0.25) is 0 Å². The van der Waals surface area contributed by atoms with E-state index in [1.165, 1.54) is 24.3 Å². The van der Waals surface area contributed by atoms with Crippen LogP contribution >= 0.6 is 11.6 Å². The Morgan fingerprint density at radius 3 is 2.44 bits per heavy atom. The van der Waals surface area contributed by atoms with Crippen LogP contribution in [0.3, 0.4) is 0 Å². The van der Waals surface area contributed by atoms with E-state index in [2.05, 4.69) is 5.32 Å². The Kier molecular flexibility index (Phi) is 4.74. The van der Waals surface area contributed by atoms with E-state index in [0.717, 1.165) is 0 Å². The van der Waals surface area contributed by atoms with Crippen LogP contribution < -0.4 is 5.32 Å². The molecular formula is C12H15ClFNO. The lowest BCUT2D eigenvalue weighted by atomic mass is 10.1. The summed E-state index contributed by atoms with van der Waals surface area (Å²) in [5.41, 5.74) is 0.439. The van der Waals surface area contributed by atoms with Gasteiger partial charge in [-0.25, -0.2) is 4.39 Å². The van der Waals surface area contributed by atoms with Crippen molar-refractivity contribution in [3.8, 4) is 0 Å². The second-order valence-electron chi connectivity index (χ2n) is 3.98. The predicted molar refractivity (Wildman–Crippen MR) is 63.2 cm³/mol. The van der Waals surface area contributed by atoms with Crippen molar-refractivity contribution in [1.29, 1.82) is 0 Å². The molecule has 1 aromatic rings. The van der Waals surface area contributed by atoms with Gasteiger partial charge in [-0.1, -0.05) is 13.8 Å². The Balaban J connectivity index is 2.50. The van der Waals surface area contributed by atoms with Crippen molar-refractivity contribution in [3.05, 3.63) is 35.6 Å². The monoisotopic (exact) mass is 243 g/mol. The van der Waals surface area contributed by atoms with Gasteiger partial charge in [-0.05, 0) is 30.2 Å². The molecule has 1 atom stereocenters. The molecule has 4 heteroatoms. The molecule has 0 aromatic heterocycles. The first-order valence-electron chi connectivity index (χ1n) is 5.18. The molecule has 16 heavy (non-hydrogen) atoms. The van der Waals surface area contributed by atoms with Crippen molar-refractivity contribution in [2.75, 3.05) is 6.54 Å². The van der Waals surface area contributed by atoms with E-state index in [0.29, 0.717) is 18.0 Å². The summed E-state index contributed by atoms with van der Waals surface area (Å²) in [4.78, 5) is 11.6. The van der Waals surface area contributed by atoms with Gasteiger partial charge in [0.2, 0.25) is 0 Å². The van der Waals surface area contributed by atoms with E-state index in [4.69, 9.17) is 11.6 Å². The molecule has 0 aliphatic heterocycles. The Hall–Kier alpha value is -1.09. The van der Waals surface area contributed by atoms with Gasteiger partial charge in [0.15, 0.2) is 0 Å². The van der Waals surface area contributed by atoms with Crippen molar-refractivity contribution in [2.45, 2.75) is 19.2 Å². The molecule has 0 saturated carbocycles. The predicted octanol–water partition coefficient (Wildman–Crippen LogP) is 2.82. The minimum atomic E-state index is -0.353. The SMILES string of the molecule is CC(C)C(Cl)CNC(=O)c1ccc(F)cc1.